The van der Waals surface area contributed by atoms with Crippen LogP contribution in [0.5, 0.6) is 0 Å². The highest BCUT2D eigenvalue weighted by molar-refractivity contribution is 5.53. The minimum absolute atomic E-state index is 0.186. The maximum Gasteiger partial charge on any atom is 0.272 e. The zero-order valence-electron chi connectivity index (χ0n) is 13.9. The van der Waals surface area contributed by atoms with Crippen molar-refractivity contribution in [2.24, 2.45) is 0 Å². The van der Waals surface area contributed by atoms with E-state index in [0.717, 1.165) is 25.9 Å². The Hall–Kier alpha value is -2.91. The molecule has 0 aliphatic carbocycles. The fourth-order valence-electron chi connectivity index (χ4n) is 3.48. The molecule has 6 heteroatoms. The third-order valence-corrected chi connectivity index (χ3v) is 4.74. The molecule has 0 saturated heterocycles. The Morgan fingerprint density at radius 3 is 2.92 bits per heavy atom. The number of hydrogen-bond donors (Lipinski definition) is 1. The van der Waals surface area contributed by atoms with E-state index in [2.05, 4.69) is 45.3 Å². The fraction of sp³-hybridized carbons (Fsp3) is 0.316. The highest BCUT2D eigenvalue weighted by atomic mass is 16.1. The molecule has 0 unspecified atom stereocenters. The number of benzene rings is 1. The molecular formula is C19H19N5O. The second-order valence-corrected chi connectivity index (χ2v) is 6.48. The van der Waals surface area contributed by atoms with E-state index >= 15 is 0 Å². The van der Waals surface area contributed by atoms with Gasteiger partial charge in [-0.1, -0.05) is 24.3 Å². The van der Waals surface area contributed by atoms with Gasteiger partial charge in [-0.25, -0.2) is 9.50 Å². The van der Waals surface area contributed by atoms with Gasteiger partial charge in [0.2, 0.25) is 0 Å². The number of nitrogens with one attached hydrogen (secondary N) is 1. The van der Waals surface area contributed by atoms with Gasteiger partial charge >= 0.3 is 0 Å². The molecule has 1 aliphatic rings. The van der Waals surface area contributed by atoms with Gasteiger partial charge in [-0.05, 0) is 36.9 Å². The smallest absolute Gasteiger partial charge is 0.272 e. The number of H-pyrrole nitrogens is 1. The lowest BCUT2D eigenvalue weighted by Gasteiger charge is -2.25. The van der Waals surface area contributed by atoms with Gasteiger partial charge in [-0.15, -0.1) is 0 Å². The summed E-state index contributed by atoms with van der Waals surface area (Å²) in [7, 11) is 0. The highest BCUT2D eigenvalue weighted by Crippen LogP contribution is 2.19. The maximum atomic E-state index is 12.3. The molecule has 3 heterocycles. The largest absolute Gasteiger partial charge is 0.295 e. The van der Waals surface area contributed by atoms with Crippen LogP contribution in [0.25, 0.3) is 5.65 Å². The SMILES string of the molecule is N#Cc1c[nH]n2c(=O)cc(CN3CCCCc4ccccc4C3)nc12. The van der Waals surface area contributed by atoms with Gasteiger partial charge in [0.1, 0.15) is 11.6 Å². The van der Waals surface area contributed by atoms with Crippen LogP contribution in [-0.2, 0) is 19.5 Å². The van der Waals surface area contributed by atoms with Gasteiger partial charge in [0.15, 0.2) is 5.65 Å². The molecule has 126 valence electrons. The van der Waals surface area contributed by atoms with Crippen molar-refractivity contribution in [1.82, 2.24) is 19.5 Å². The molecule has 2 aromatic heterocycles. The Kier molecular flexibility index (Phi) is 4.08. The molecule has 0 fully saturated rings. The van der Waals surface area contributed by atoms with Gasteiger partial charge in [0.25, 0.3) is 5.56 Å². The van der Waals surface area contributed by atoms with Crippen molar-refractivity contribution in [3.8, 4) is 6.07 Å². The standard InChI is InChI=1S/C19H19N5O/c20-10-16-11-21-24-18(25)9-17(22-19(16)24)13-23-8-4-3-6-14-5-1-2-7-15(14)12-23/h1-2,5,7,9,11,21H,3-4,6,8,12-13H2. The Morgan fingerprint density at radius 1 is 1.24 bits per heavy atom. The van der Waals surface area contributed by atoms with Gasteiger partial charge in [-0.2, -0.15) is 5.26 Å². The summed E-state index contributed by atoms with van der Waals surface area (Å²) in [4.78, 5) is 19.1. The average Bonchev–Trinajstić information content (AvgIpc) is 3.01. The summed E-state index contributed by atoms with van der Waals surface area (Å²) in [6.45, 7) is 2.44. The second-order valence-electron chi connectivity index (χ2n) is 6.48. The molecule has 1 aliphatic heterocycles. The average molecular weight is 333 g/mol. The van der Waals surface area contributed by atoms with Gasteiger partial charge in [-0.3, -0.25) is 14.8 Å². The molecule has 1 aromatic carbocycles. The van der Waals surface area contributed by atoms with E-state index in [4.69, 9.17) is 5.26 Å². The number of nitriles is 1. The molecule has 0 atom stereocenters. The van der Waals surface area contributed by atoms with E-state index in [-0.39, 0.29) is 5.56 Å². The number of aromatic amines is 1. The van der Waals surface area contributed by atoms with Crippen molar-refractivity contribution >= 4 is 5.65 Å². The van der Waals surface area contributed by atoms with Gasteiger partial charge in [0.05, 0.1) is 5.69 Å². The van der Waals surface area contributed by atoms with E-state index in [1.165, 1.54) is 28.3 Å². The molecule has 0 radical (unpaired) electrons. The highest BCUT2D eigenvalue weighted by Gasteiger charge is 2.15. The summed E-state index contributed by atoms with van der Waals surface area (Å²) in [6, 6.07) is 12.2. The van der Waals surface area contributed by atoms with E-state index < -0.39 is 0 Å². The Balaban J connectivity index is 1.65. The van der Waals surface area contributed by atoms with E-state index in [9.17, 15) is 4.79 Å². The third kappa shape index (κ3) is 3.06. The lowest BCUT2D eigenvalue weighted by molar-refractivity contribution is 0.243. The molecule has 0 spiro atoms. The summed E-state index contributed by atoms with van der Waals surface area (Å²) < 4.78 is 1.31. The number of rotatable bonds is 2. The van der Waals surface area contributed by atoms with E-state index in [1.807, 2.05) is 0 Å². The van der Waals surface area contributed by atoms with Crippen molar-refractivity contribution in [3.63, 3.8) is 0 Å². The third-order valence-electron chi connectivity index (χ3n) is 4.74. The Bertz CT molecular complexity index is 1010. The molecule has 0 amide bonds. The second kappa shape index (κ2) is 6.54. The van der Waals surface area contributed by atoms with Crippen LogP contribution in [0.15, 0.2) is 41.3 Å². The quantitative estimate of drug-likeness (QED) is 0.780. The van der Waals surface area contributed by atoms with Gasteiger partial charge in [0, 0.05) is 25.4 Å². The Labute approximate surface area is 145 Å². The number of nitrogens with zero attached hydrogens (tertiary/aromatic N) is 4. The zero-order valence-corrected chi connectivity index (χ0v) is 13.9. The van der Waals surface area contributed by atoms with Crippen molar-refractivity contribution in [2.45, 2.75) is 32.4 Å². The number of fused-ring (bicyclic) bond motifs is 2. The molecule has 0 bridgehead atoms. The maximum absolute atomic E-state index is 12.3. The van der Waals surface area contributed by atoms with E-state index in [1.54, 1.807) is 6.07 Å². The summed E-state index contributed by atoms with van der Waals surface area (Å²) in [5.41, 5.74) is 4.06. The Morgan fingerprint density at radius 2 is 2.08 bits per heavy atom. The van der Waals surface area contributed by atoms with Gasteiger partial charge < -0.3 is 0 Å². The lowest BCUT2D eigenvalue weighted by Crippen LogP contribution is -2.28. The van der Waals surface area contributed by atoms with Crippen LogP contribution in [0.3, 0.4) is 0 Å². The molecule has 25 heavy (non-hydrogen) atoms. The number of aromatic nitrogens is 3. The topological polar surface area (TPSA) is 77.2 Å². The predicted molar refractivity (Wildman–Crippen MR) is 94.0 cm³/mol. The molecule has 1 N–H and O–H groups in total. The molecule has 4 rings (SSSR count). The molecule has 3 aromatic rings. The first kappa shape index (κ1) is 15.6. The molecule has 6 nitrogen and oxygen atoms in total. The normalized spacial score (nSPS) is 15.3. The molecule has 0 saturated carbocycles. The zero-order chi connectivity index (χ0) is 17.2. The summed E-state index contributed by atoms with van der Waals surface area (Å²) in [5, 5.41) is 11.9. The first-order valence-corrected chi connectivity index (χ1v) is 8.54. The molecular weight excluding hydrogens is 314 g/mol. The summed E-state index contributed by atoms with van der Waals surface area (Å²) in [5.74, 6) is 0. The fourth-order valence-corrected chi connectivity index (χ4v) is 3.48. The van der Waals surface area contributed by atoms with E-state index in [0.29, 0.717) is 23.4 Å². The summed E-state index contributed by atoms with van der Waals surface area (Å²) >= 11 is 0. The van der Waals surface area contributed by atoms with Crippen LogP contribution in [-0.4, -0.2) is 26.0 Å². The van der Waals surface area contributed by atoms with Crippen molar-refractivity contribution < 1.29 is 0 Å². The van der Waals surface area contributed by atoms with Crippen LogP contribution < -0.4 is 5.56 Å². The lowest BCUT2D eigenvalue weighted by atomic mass is 9.99. The predicted octanol–water partition coefficient (Wildman–Crippen LogP) is 2.23. The number of aryl methyl sites for hydroxylation is 1. The van der Waals surface area contributed by atoms with Crippen molar-refractivity contribution in [3.05, 3.63) is 69.3 Å². The first-order chi connectivity index (χ1) is 12.2. The minimum Gasteiger partial charge on any atom is -0.295 e. The van der Waals surface area contributed by atoms with Crippen LogP contribution in [0.4, 0.5) is 0 Å². The summed E-state index contributed by atoms with van der Waals surface area (Å²) in [6.07, 6.45) is 4.94. The van der Waals surface area contributed by atoms with Crippen LogP contribution in [0.1, 0.15) is 35.2 Å². The van der Waals surface area contributed by atoms with Crippen LogP contribution in [0, 0.1) is 11.3 Å². The first-order valence-electron chi connectivity index (χ1n) is 8.54. The minimum atomic E-state index is -0.186. The van der Waals surface area contributed by atoms with Crippen molar-refractivity contribution in [1.29, 1.82) is 5.26 Å². The van der Waals surface area contributed by atoms with Crippen LogP contribution >= 0.6 is 0 Å². The monoisotopic (exact) mass is 333 g/mol. The number of hydrogen-bond acceptors (Lipinski definition) is 4. The van der Waals surface area contributed by atoms with Crippen molar-refractivity contribution in [2.75, 3.05) is 6.54 Å². The van der Waals surface area contributed by atoms with Crippen LogP contribution in [0.2, 0.25) is 0 Å².